The number of rotatable bonds is 2. The molecule has 1 aliphatic carbocycles. The van der Waals surface area contributed by atoms with E-state index in [1.54, 1.807) is 0 Å². The number of halogens is 3. The first-order valence-electron chi connectivity index (χ1n) is 5.59. The SMILES string of the molecule is NCC1(c2c(O)c(F)cc(Br)c2F)CCCC1. The molecule has 1 saturated carbocycles. The molecule has 0 unspecified atom stereocenters. The molecule has 0 amide bonds. The Morgan fingerprint density at radius 2 is 1.94 bits per heavy atom. The van der Waals surface area contributed by atoms with Gasteiger partial charge in [-0.2, -0.15) is 0 Å². The van der Waals surface area contributed by atoms with Crippen molar-refractivity contribution in [2.75, 3.05) is 6.54 Å². The first kappa shape index (κ1) is 12.8. The molecule has 0 bridgehead atoms. The van der Waals surface area contributed by atoms with Gasteiger partial charge in [-0.3, -0.25) is 0 Å². The Balaban J connectivity index is 2.65. The molecule has 0 atom stereocenters. The van der Waals surface area contributed by atoms with Gasteiger partial charge in [0.25, 0.3) is 0 Å². The molecule has 1 fully saturated rings. The largest absolute Gasteiger partial charge is 0.505 e. The molecule has 0 radical (unpaired) electrons. The Hall–Kier alpha value is -0.680. The molecule has 1 aliphatic rings. The number of hydrogen-bond donors (Lipinski definition) is 2. The van der Waals surface area contributed by atoms with E-state index in [0.29, 0.717) is 12.8 Å². The lowest BCUT2D eigenvalue weighted by atomic mass is 9.78. The minimum atomic E-state index is -0.812. The zero-order valence-electron chi connectivity index (χ0n) is 9.27. The molecule has 2 rings (SSSR count). The monoisotopic (exact) mass is 305 g/mol. The summed E-state index contributed by atoms with van der Waals surface area (Å²) in [7, 11) is 0. The van der Waals surface area contributed by atoms with E-state index in [-0.39, 0.29) is 16.6 Å². The van der Waals surface area contributed by atoms with Crippen molar-refractivity contribution in [1.82, 2.24) is 0 Å². The number of phenols is 1. The molecule has 94 valence electrons. The Morgan fingerprint density at radius 3 is 2.47 bits per heavy atom. The van der Waals surface area contributed by atoms with Gasteiger partial charge in [0.1, 0.15) is 5.82 Å². The fraction of sp³-hybridized carbons (Fsp3) is 0.500. The fourth-order valence-corrected chi connectivity index (χ4v) is 3.08. The van der Waals surface area contributed by atoms with Crippen molar-refractivity contribution in [1.29, 1.82) is 0 Å². The van der Waals surface area contributed by atoms with E-state index < -0.39 is 22.8 Å². The van der Waals surface area contributed by atoms with Gasteiger partial charge in [-0.05, 0) is 34.8 Å². The van der Waals surface area contributed by atoms with E-state index in [1.807, 2.05) is 0 Å². The maximum atomic E-state index is 14.1. The summed E-state index contributed by atoms with van der Waals surface area (Å²) >= 11 is 2.96. The summed E-state index contributed by atoms with van der Waals surface area (Å²) in [5, 5.41) is 9.77. The molecular formula is C12H14BrF2NO. The molecule has 0 aliphatic heterocycles. The van der Waals surface area contributed by atoms with Gasteiger partial charge in [-0.1, -0.05) is 12.8 Å². The molecule has 1 aromatic carbocycles. The van der Waals surface area contributed by atoms with Crippen LogP contribution in [0.5, 0.6) is 5.75 Å². The summed E-state index contributed by atoms with van der Waals surface area (Å²) in [5.74, 6) is -2.01. The van der Waals surface area contributed by atoms with Crippen molar-refractivity contribution < 1.29 is 13.9 Å². The maximum Gasteiger partial charge on any atom is 0.166 e. The van der Waals surface area contributed by atoms with Gasteiger partial charge in [-0.15, -0.1) is 0 Å². The molecule has 1 aromatic rings. The summed E-state index contributed by atoms with van der Waals surface area (Å²) in [6, 6.07) is 0.938. The summed E-state index contributed by atoms with van der Waals surface area (Å²) in [6.45, 7) is 0.216. The van der Waals surface area contributed by atoms with Crippen LogP contribution in [0.2, 0.25) is 0 Å². The van der Waals surface area contributed by atoms with Crippen LogP contribution in [0.3, 0.4) is 0 Å². The quantitative estimate of drug-likeness (QED) is 0.824. The zero-order valence-corrected chi connectivity index (χ0v) is 10.9. The van der Waals surface area contributed by atoms with Gasteiger partial charge in [-0.25, -0.2) is 8.78 Å². The van der Waals surface area contributed by atoms with E-state index in [1.165, 1.54) is 0 Å². The Morgan fingerprint density at radius 1 is 1.35 bits per heavy atom. The van der Waals surface area contributed by atoms with Crippen LogP contribution in [-0.2, 0) is 5.41 Å². The van der Waals surface area contributed by atoms with E-state index in [4.69, 9.17) is 5.73 Å². The molecule has 3 N–H and O–H groups in total. The Labute approximate surface area is 107 Å². The molecule has 0 spiro atoms. The lowest BCUT2D eigenvalue weighted by Crippen LogP contribution is -2.33. The lowest BCUT2D eigenvalue weighted by molar-refractivity contribution is 0.365. The molecule has 0 heterocycles. The van der Waals surface area contributed by atoms with E-state index in [9.17, 15) is 13.9 Å². The highest BCUT2D eigenvalue weighted by Gasteiger charge is 2.40. The highest BCUT2D eigenvalue weighted by atomic mass is 79.9. The third kappa shape index (κ3) is 1.95. The van der Waals surface area contributed by atoms with Crippen molar-refractivity contribution >= 4 is 15.9 Å². The summed E-state index contributed by atoms with van der Waals surface area (Å²) < 4.78 is 27.6. The molecule has 0 aromatic heterocycles. The van der Waals surface area contributed by atoms with Gasteiger partial charge in [0.15, 0.2) is 11.6 Å². The first-order chi connectivity index (χ1) is 8.02. The van der Waals surface area contributed by atoms with Gasteiger partial charge in [0.2, 0.25) is 0 Å². The van der Waals surface area contributed by atoms with Gasteiger partial charge < -0.3 is 10.8 Å². The normalized spacial score (nSPS) is 18.6. The van der Waals surface area contributed by atoms with Crippen LogP contribution in [0.4, 0.5) is 8.78 Å². The predicted molar refractivity (Wildman–Crippen MR) is 64.9 cm³/mol. The number of aromatic hydroxyl groups is 1. The van der Waals surface area contributed by atoms with Crippen LogP contribution in [0, 0.1) is 11.6 Å². The van der Waals surface area contributed by atoms with Crippen LogP contribution in [-0.4, -0.2) is 11.7 Å². The van der Waals surface area contributed by atoms with E-state index in [0.717, 1.165) is 18.9 Å². The van der Waals surface area contributed by atoms with Crippen molar-refractivity contribution in [2.24, 2.45) is 5.73 Å². The smallest absolute Gasteiger partial charge is 0.166 e. The number of phenolic OH excluding ortho intramolecular Hbond substituents is 1. The number of hydrogen-bond acceptors (Lipinski definition) is 2. The second-order valence-corrected chi connectivity index (χ2v) is 5.42. The van der Waals surface area contributed by atoms with Crippen molar-refractivity contribution in [3.63, 3.8) is 0 Å². The molecule has 2 nitrogen and oxygen atoms in total. The Bertz CT molecular complexity index is 418. The Kier molecular flexibility index (Phi) is 3.41. The van der Waals surface area contributed by atoms with Gasteiger partial charge >= 0.3 is 0 Å². The van der Waals surface area contributed by atoms with Crippen molar-refractivity contribution in [3.05, 3.63) is 27.7 Å². The molecule has 0 saturated heterocycles. The fourth-order valence-electron chi connectivity index (χ4n) is 2.68. The molecular weight excluding hydrogens is 292 g/mol. The van der Waals surface area contributed by atoms with Crippen molar-refractivity contribution in [2.45, 2.75) is 31.1 Å². The predicted octanol–water partition coefficient (Wildman–Crippen LogP) is 3.20. The summed E-state index contributed by atoms with van der Waals surface area (Å²) in [5.41, 5.74) is 5.13. The second kappa shape index (κ2) is 4.53. The minimum Gasteiger partial charge on any atom is -0.505 e. The molecule has 17 heavy (non-hydrogen) atoms. The van der Waals surface area contributed by atoms with E-state index in [2.05, 4.69) is 15.9 Å². The highest BCUT2D eigenvalue weighted by Crippen LogP contribution is 2.47. The third-order valence-corrected chi connectivity index (χ3v) is 4.20. The second-order valence-electron chi connectivity index (χ2n) is 4.57. The zero-order chi connectivity index (χ0) is 12.6. The van der Waals surface area contributed by atoms with Gasteiger partial charge in [0, 0.05) is 17.5 Å². The minimum absolute atomic E-state index is 0.0301. The van der Waals surface area contributed by atoms with Crippen molar-refractivity contribution in [3.8, 4) is 5.75 Å². The lowest BCUT2D eigenvalue weighted by Gasteiger charge is -2.29. The highest BCUT2D eigenvalue weighted by molar-refractivity contribution is 9.10. The van der Waals surface area contributed by atoms with Crippen LogP contribution in [0.25, 0.3) is 0 Å². The van der Waals surface area contributed by atoms with Gasteiger partial charge in [0.05, 0.1) is 4.47 Å². The first-order valence-corrected chi connectivity index (χ1v) is 6.38. The number of benzene rings is 1. The summed E-state index contributed by atoms with van der Waals surface area (Å²) in [6.07, 6.45) is 3.21. The van der Waals surface area contributed by atoms with Crippen LogP contribution in [0.1, 0.15) is 31.2 Å². The third-order valence-electron chi connectivity index (χ3n) is 3.63. The van der Waals surface area contributed by atoms with E-state index >= 15 is 0 Å². The number of nitrogens with two attached hydrogens (primary N) is 1. The van der Waals surface area contributed by atoms with Crippen LogP contribution >= 0.6 is 15.9 Å². The van der Waals surface area contributed by atoms with Crippen LogP contribution in [0.15, 0.2) is 10.5 Å². The molecule has 5 heteroatoms. The average molecular weight is 306 g/mol. The summed E-state index contributed by atoms with van der Waals surface area (Å²) in [4.78, 5) is 0. The average Bonchev–Trinajstić information content (AvgIpc) is 2.77. The maximum absolute atomic E-state index is 14.1. The van der Waals surface area contributed by atoms with Crippen LogP contribution < -0.4 is 5.73 Å². The topological polar surface area (TPSA) is 46.2 Å². The standard InChI is InChI=1S/C12H14BrF2NO/c13-7-5-8(14)11(17)9(10(7)15)12(6-16)3-1-2-4-12/h5,17H,1-4,6,16H2.